The Kier molecular flexibility index (Phi) is 8.64. The van der Waals surface area contributed by atoms with E-state index in [0.29, 0.717) is 48.8 Å². The molecule has 0 aliphatic carbocycles. The zero-order chi connectivity index (χ0) is 26.7. The number of pyridine rings is 1. The van der Waals surface area contributed by atoms with E-state index in [1.54, 1.807) is 0 Å². The molecule has 0 unspecified atom stereocenters. The summed E-state index contributed by atoms with van der Waals surface area (Å²) in [4.78, 5) is 27.9. The highest BCUT2D eigenvalue weighted by atomic mass is 79.9. The van der Waals surface area contributed by atoms with Crippen LogP contribution >= 0.6 is 27.5 Å². The van der Waals surface area contributed by atoms with E-state index in [0.717, 1.165) is 10.9 Å². The van der Waals surface area contributed by atoms with Crippen LogP contribution in [-0.4, -0.2) is 77.9 Å². The summed E-state index contributed by atoms with van der Waals surface area (Å²) in [7, 11) is -2.33. The Morgan fingerprint density at radius 3 is 2.54 bits per heavy atom. The molecule has 37 heavy (non-hydrogen) atoms. The number of hydrogen-bond acceptors (Lipinski definition) is 9. The molecule has 1 aliphatic rings. The molecule has 0 radical (unpaired) electrons. The van der Waals surface area contributed by atoms with Crippen molar-refractivity contribution < 1.29 is 17.9 Å². The van der Waals surface area contributed by atoms with Crippen molar-refractivity contribution >= 4 is 60.2 Å². The van der Waals surface area contributed by atoms with Crippen LogP contribution in [0.3, 0.4) is 0 Å². The van der Waals surface area contributed by atoms with Crippen molar-refractivity contribution in [1.82, 2.24) is 24.2 Å². The van der Waals surface area contributed by atoms with E-state index in [2.05, 4.69) is 31.1 Å². The third kappa shape index (κ3) is 6.20. The second-order valence-corrected chi connectivity index (χ2v) is 12.2. The van der Waals surface area contributed by atoms with Gasteiger partial charge < -0.3 is 10.1 Å². The maximum absolute atomic E-state index is 13.1. The van der Waals surface area contributed by atoms with E-state index in [1.165, 1.54) is 23.7 Å². The van der Waals surface area contributed by atoms with E-state index >= 15 is 0 Å². The van der Waals surface area contributed by atoms with Crippen LogP contribution in [0.2, 0.25) is 5.15 Å². The summed E-state index contributed by atoms with van der Waals surface area (Å²) in [5, 5.41) is 4.27. The number of aromatic nitrogens is 3. The van der Waals surface area contributed by atoms with Gasteiger partial charge in [-0.2, -0.15) is 4.31 Å². The summed E-state index contributed by atoms with van der Waals surface area (Å²) >= 11 is 9.15. The Hall–Kier alpha value is -2.38. The van der Waals surface area contributed by atoms with Crippen LogP contribution in [0.5, 0.6) is 0 Å². The predicted molar refractivity (Wildman–Crippen MR) is 145 cm³/mol. The zero-order valence-corrected chi connectivity index (χ0v) is 23.8. The number of fused-ring (bicyclic) bond motifs is 1. The number of piperazine rings is 1. The minimum atomic E-state index is -3.70. The molecule has 4 rings (SSSR count). The standard InChI is InChI=1S/C24H28BrClN6O4S/c1-15(2)21(24(33)36-3)30-23-17-6-4-5-7-19(17)28-20(29-23)14-31-8-10-32(11-9-31)37(34,35)16-12-18(25)22(26)27-13-16/h4-7,12-13,15,21H,8-11,14H2,1-3H3,(H,28,29,30)/t21-/m0/s1. The first kappa shape index (κ1) is 27.6. The highest BCUT2D eigenvalue weighted by molar-refractivity contribution is 9.10. The lowest BCUT2D eigenvalue weighted by molar-refractivity contribution is -0.142. The van der Waals surface area contributed by atoms with Gasteiger partial charge in [0, 0.05) is 37.8 Å². The smallest absolute Gasteiger partial charge is 0.328 e. The van der Waals surface area contributed by atoms with Gasteiger partial charge in [-0.3, -0.25) is 4.90 Å². The highest BCUT2D eigenvalue weighted by Gasteiger charge is 2.30. The lowest BCUT2D eigenvalue weighted by Crippen LogP contribution is -2.48. The van der Waals surface area contributed by atoms with E-state index in [4.69, 9.17) is 26.3 Å². The number of ether oxygens (including phenoxy) is 1. The van der Waals surface area contributed by atoms with Crippen molar-refractivity contribution in [3.05, 3.63) is 52.0 Å². The van der Waals surface area contributed by atoms with Gasteiger partial charge in [-0.05, 0) is 40.0 Å². The molecule has 3 heterocycles. The molecule has 1 N–H and O–H groups in total. The summed E-state index contributed by atoms with van der Waals surface area (Å²) in [6, 6.07) is 8.50. The van der Waals surface area contributed by atoms with Gasteiger partial charge in [-0.1, -0.05) is 37.6 Å². The molecule has 1 aromatic carbocycles. The Labute approximate surface area is 229 Å². The summed E-state index contributed by atoms with van der Waals surface area (Å²) in [6.45, 7) is 5.97. The Balaban J connectivity index is 1.50. The van der Waals surface area contributed by atoms with Gasteiger partial charge in [0.15, 0.2) is 0 Å². The first-order chi connectivity index (χ1) is 17.6. The van der Waals surface area contributed by atoms with Crippen molar-refractivity contribution in [1.29, 1.82) is 0 Å². The second-order valence-electron chi connectivity index (χ2n) is 9.02. The molecule has 1 aliphatic heterocycles. The monoisotopic (exact) mass is 610 g/mol. The molecule has 1 fully saturated rings. The fourth-order valence-corrected chi connectivity index (χ4v) is 6.10. The van der Waals surface area contributed by atoms with Gasteiger partial charge in [-0.25, -0.2) is 28.2 Å². The normalized spacial score (nSPS) is 16.2. The number of halogens is 2. The maximum atomic E-state index is 13.1. The van der Waals surface area contributed by atoms with Crippen LogP contribution in [0, 0.1) is 5.92 Å². The number of anilines is 1. The van der Waals surface area contributed by atoms with Crippen LogP contribution < -0.4 is 5.32 Å². The second kappa shape index (κ2) is 11.6. The Bertz CT molecular complexity index is 1400. The van der Waals surface area contributed by atoms with Gasteiger partial charge >= 0.3 is 5.97 Å². The number of sulfonamides is 1. The van der Waals surface area contributed by atoms with Gasteiger partial charge in [-0.15, -0.1) is 0 Å². The van der Waals surface area contributed by atoms with Crippen molar-refractivity contribution in [2.24, 2.45) is 5.92 Å². The molecule has 0 amide bonds. The number of hydrogen-bond donors (Lipinski definition) is 1. The lowest BCUT2D eigenvalue weighted by atomic mass is 10.0. The fraction of sp³-hybridized carbons (Fsp3) is 0.417. The highest BCUT2D eigenvalue weighted by Crippen LogP contribution is 2.26. The first-order valence-corrected chi connectivity index (χ1v) is 14.3. The molecule has 13 heteroatoms. The van der Waals surface area contributed by atoms with E-state index in [9.17, 15) is 13.2 Å². The predicted octanol–water partition coefficient (Wildman–Crippen LogP) is 3.56. The first-order valence-electron chi connectivity index (χ1n) is 11.7. The number of carbonyl (C=O) groups is 1. The van der Waals surface area contributed by atoms with Crippen LogP contribution in [0.1, 0.15) is 19.7 Å². The summed E-state index contributed by atoms with van der Waals surface area (Å²) in [6.07, 6.45) is 1.27. The Morgan fingerprint density at radius 1 is 1.19 bits per heavy atom. The largest absolute Gasteiger partial charge is 0.467 e. The molecular weight excluding hydrogens is 584 g/mol. The van der Waals surface area contributed by atoms with Crippen molar-refractivity contribution in [2.45, 2.75) is 31.3 Å². The topological polar surface area (TPSA) is 118 Å². The van der Waals surface area contributed by atoms with Crippen LogP contribution in [0.15, 0.2) is 45.9 Å². The number of esters is 1. The molecule has 198 valence electrons. The van der Waals surface area contributed by atoms with E-state index < -0.39 is 16.1 Å². The van der Waals surface area contributed by atoms with Crippen molar-refractivity contribution in [3.63, 3.8) is 0 Å². The molecule has 0 spiro atoms. The molecule has 10 nitrogen and oxygen atoms in total. The fourth-order valence-electron chi connectivity index (χ4n) is 4.10. The van der Waals surface area contributed by atoms with Gasteiger partial charge in [0.2, 0.25) is 10.0 Å². The third-order valence-electron chi connectivity index (χ3n) is 6.17. The van der Waals surface area contributed by atoms with Gasteiger partial charge in [0.1, 0.15) is 27.7 Å². The van der Waals surface area contributed by atoms with Gasteiger partial charge in [0.05, 0.1) is 23.6 Å². The molecule has 0 bridgehead atoms. The quantitative estimate of drug-likeness (QED) is 0.301. The molecule has 1 atom stereocenters. The molecule has 3 aromatic rings. The van der Waals surface area contributed by atoms with Crippen LogP contribution in [0.25, 0.3) is 10.9 Å². The summed E-state index contributed by atoms with van der Waals surface area (Å²) in [5.41, 5.74) is 0.754. The Morgan fingerprint density at radius 2 is 1.89 bits per heavy atom. The molecular formula is C24H28BrClN6O4S. The number of benzene rings is 1. The number of methoxy groups -OCH3 is 1. The third-order valence-corrected chi connectivity index (χ3v) is 9.17. The molecule has 2 aromatic heterocycles. The number of carbonyl (C=O) groups excluding carboxylic acids is 1. The number of rotatable bonds is 8. The van der Waals surface area contributed by atoms with Gasteiger partial charge in [0.25, 0.3) is 0 Å². The summed E-state index contributed by atoms with van der Waals surface area (Å²) in [5.74, 6) is 0.762. The average Bonchev–Trinajstić information content (AvgIpc) is 2.88. The molecule has 0 saturated carbocycles. The van der Waals surface area contributed by atoms with Crippen LogP contribution in [-0.2, 0) is 26.1 Å². The minimum Gasteiger partial charge on any atom is -0.467 e. The number of para-hydroxylation sites is 1. The van der Waals surface area contributed by atoms with E-state index in [-0.39, 0.29) is 21.9 Å². The van der Waals surface area contributed by atoms with Crippen molar-refractivity contribution in [2.75, 3.05) is 38.6 Å². The number of nitrogens with one attached hydrogen (secondary N) is 1. The van der Waals surface area contributed by atoms with Crippen LogP contribution in [0.4, 0.5) is 5.82 Å². The summed E-state index contributed by atoms with van der Waals surface area (Å²) < 4.78 is 33.0. The van der Waals surface area contributed by atoms with E-state index in [1.807, 2.05) is 38.1 Å². The maximum Gasteiger partial charge on any atom is 0.328 e. The number of nitrogens with zero attached hydrogens (tertiary/aromatic N) is 5. The minimum absolute atomic E-state index is 0.0175. The molecule has 1 saturated heterocycles. The average molecular weight is 612 g/mol. The zero-order valence-electron chi connectivity index (χ0n) is 20.7. The lowest BCUT2D eigenvalue weighted by Gasteiger charge is -2.33. The van der Waals surface area contributed by atoms with Crippen molar-refractivity contribution in [3.8, 4) is 0 Å². The SMILES string of the molecule is COC(=O)[C@@H](Nc1nc(CN2CCN(S(=O)(=O)c3cnc(Cl)c(Br)c3)CC2)nc2ccccc12)C(C)C.